The van der Waals surface area contributed by atoms with Gasteiger partial charge in [-0.15, -0.1) is 13.2 Å². The molecule has 0 radical (unpaired) electrons. The number of esters is 1. The zero-order chi connectivity index (χ0) is 32.9. The number of hydrogen-bond acceptors (Lipinski definition) is 8. The summed E-state index contributed by atoms with van der Waals surface area (Å²) in [6.07, 6.45) is 3.81. The standard InChI is InChI=1S/C34H48N4O7/c1-7-11-12-27(40)35-20-23(6)44-33(43)28-26-17-18-34(45-26)29(28)31(41)38(22(5)21-39)30(34)32(42)37(19-8-2)25-15-13-24(14-16-25)36(9-3)10-4/h7-8,13-16,22-23,26,28-30,39H,1-2,9-12,17-21H2,3-6H3,(H,35,40)/t22-,23-,26-,28+,29+,30-,34+/m1/s1. The van der Waals surface area contributed by atoms with Crippen LogP contribution < -0.4 is 15.1 Å². The Morgan fingerprint density at radius 3 is 2.42 bits per heavy atom. The fourth-order valence-corrected chi connectivity index (χ4v) is 7.13. The monoisotopic (exact) mass is 624 g/mol. The van der Waals surface area contributed by atoms with Gasteiger partial charge in [0.15, 0.2) is 0 Å². The first-order chi connectivity index (χ1) is 21.6. The highest BCUT2D eigenvalue weighted by atomic mass is 16.6. The van der Waals surface area contributed by atoms with Crippen LogP contribution in [0.2, 0.25) is 0 Å². The highest BCUT2D eigenvalue weighted by Gasteiger charge is 2.75. The molecule has 246 valence electrons. The molecule has 1 spiro atoms. The van der Waals surface area contributed by atoms with Crippen molar-refractivity contribution in [2.45, 2.75) is 83.3 Å². The van der Waals surface area contributed by atoms with Crippen LogP contribution in [0.5, 0.6) is 0 Å². The van der Waals surface area contributed by atoms with Crippen molar-refractivity contribution >= 4 is 35.1 Å². The van der Waals surface area contributed by atoms with Crippen molar-refractivity contribution in [3.63, 3.8) is 0 Å². The number of rotatable bonds is 16. The summed E-state index contributed by atoms with van der Waals surface area (Å²) in [5.41, 5.74) is 0.436. The summed E-state index contributed by atoms with van der Waals surface area (Å²) in [4.78, 5) is 59.6. The van der Waals surface area contributed by atoms with Crippen LogP contribution in [-0.2, 0) is 28.7 Å². The number of carbonyl (C=O) groups is 4. The van der Waals surface area contributed by atoms with Crippen LogP contribution in [0.3, 0.4) is 0 Å². The van der Waals surface area contributed by atoms with Crippen LogP contribution in [0.1, 0.15) is 53.4 Å². The summed E-state index contributed by atoms with van der Waals surface area (Å²) in [5.74, 6) is -3.36. The molecule has 3 heterocycles. The van der Waals surface area contributed by atoms with E-state index >= 15 is 0 Å². The van der Waals surface area contributed by atoms with Gasteiger partial charge in [-0.25, -0.2) is 0 Å². The lowest BCUT2D eigenvalue weighted by molar-refractivity contribution is -0.159. The van der Waals surface area contributed by atoms with E-state index in [2.05, 4.69) is 37.2 Å². The molecular formula is C34H48N4O7. The van der Waals surface area contributed by atoms with Crippen molar-refractivity contribution in [2.75, 3.05) is 42.6 Å². The predicted octanol–water partition coefficient (Wildman–Crippen LogP) is 2.82. The number of ether oxygens (including phenoxy) is 2. The maximum Gasteiger partial charge on any atom is 0.312 e. The second-order valence-electron chi connectivity index (χ2n) is 12.1. The van der Waals surface area contributed by atoms with E-state index in [0.717, 1.165) is 18.8 Å². The molecule has 3 fully saturated rings. The Morgan fingerprint density at radius 1 is 1.16 bits per heavy atom. The molecule has 0 unspecified atom stereocenters. The Labute approximate surface area is 266 Å². The van der Waals surface area contributed by atoms with Gasteiger partial charge >= 0.3 is 5.97 Å². The fourth-order valence-electron chi connectivity index (χ4n) is 7.13. The minimum Gasteiger partial charge on any atom is -0.460 e. The molecule has 3 saturated heterocycles. The summed E-state index contributed by atoms with van der Waals surface area (Å²) in [5, 5.41) is 12.9. The predicted molar refractivity (Wildman–Crippen MR) is 172 cm³/mol. The van der Waals surface area contributed by atoms with Crippen LogP contribution >= 0.6 is 0 Å². The minimum atomic E-state index is -1.24. The summed E-state index contributed by atoms with van der Waals surface area (Å²) in [6.45, 7) is 16.7. The zero-order valence-corrected chi connectivity index (χ0v) is 26.9. The van der Waals surface area contributed by atoms with E-state index in [-0.39, 0.29) is 31.5 Å². The summed E-state index contributed by atoms with van der Waals surface area (Å²) in [7, 11) is 0. The van der Waals surface area contributed by atoms with Gasteiger partial charge in [0.25, 0.3) is 5.91 Å². The molecule has 1 aromatic rings. The zero-order valence-electron chi connectivity index (χ0n) is 26.9. The molecule has 0 aromatic heterocycles. The Morgan fingerprint density at radius 2 is 1.82 bits per heavy atom. The van der Waals surface area contributed by atoms with Crippen molar-refractivity contribution in [2.24, 2.45) is 11.8 Å². The van der Waals surface area contributed by atoms with Gasteiger partial charge in [0.05, 0.1) is 37.1 Å². The van der Waals surface area contributed by atoms with E-state index in [4.69, 9.17) is 9.47 Å². The maximum atomic E-state index is 14.6. The van der Waals surface area contributed by atoms with Crippen LogP contribution in [0.15, 0.2) is 49.6 Å². The van der Waals surface area contributed by atoms with Gasteiger partial charge in [-0.3, -0.25) is 19.2 Å². The number of aliphatic hydroxyl groups excluding tert-OH is 1. The topological polar surface area (TPSA) is 129 Å². The van der Waals surface area contributed by atoms with E-state index < -0.39 is 53.6 Å². The summed E-state index contributed by atoms with van der Waals surface area (Å²) < 4.78 is 12.2. The maximum absolute atomic E-state index is 14.6. The number of benzene rings is 1. The van der Waals surface area contributed by atoms with Gasteiger partial charge in [0, 0.05) is 37.4 Å². The Balaban J connectivity index is 1.61. The van der Waals surface area contributed by atoms with Crippen LogP contribution in [0, 0.1) is 11.8 Å². The van der Waals surface area contributed by atoms with E-state index in [1.54, 1.807) is 30.9 Å². The third-order valence-corrected chi connectivity index (χ3v) is 9.33. The largest absolute Gasteiger partial charge is 0.460 e. The molecule has 4 rings (SSSR count). The number of anilines is 2. The average Bonchev–Trinajstić information content (AvgIpc) is 3.69. The summed E-state index contributed by atoms with van der Waals surface area (Å²) >= 11 is 0. The lowest BCUT2D eigenvalue weighted by Crippen LogP contribution is -2.58. The number of nitrogens with one attached hydrogen (secondary N) is 1. The Bertz CT molecular complexity index is 1270. The highest BCUT2D eigenvalue weighted by molar-refractivity contribution is 6.05. The first-order valence-corrected chi connectivity index (χ1v) is 16.0. The van der Waals surface area contributed by atoms with E-state index in [1.807, 2.05) is 24.3 Å². The molecule has 1 aromatic carbocycles. The van der Waals surface area contributed by atoms with Gasteiger partial charge in [0.1, 0.15) is 17.7 Å². The molecule has 45 heavy (non-hydrogen) atoms. The molecule has 2 bridgehead atoms. The second-order valence-corrected chi connectivity index (χ2v) is 12.1. The molecule has 11 heteroatoms. The summed E-state index contributed by atoms with van der Waals surface area (Å²) in [6, 6.07) is 5.95. The molecule has 3 aliphatic heterocycles. The van der Waals surface area contributed by atoms with Gasteiger partial charge in [-0.05, 0) is 71.2 Å². The minimum absolute atomic E-state index is 0.127. The number of amides is 3. The number of aliphatic hydroxyl groups is 1. The first-order valence-electron chi connectivity index (χ1n) is 16.0. The van der Waals surface area contributed by atoms with Gasteiger partial charge in [-0.2, -0.15) is 0 Å². The van der Waals surface area contributed by atoms with Crippen LogP contribution in [-0.4, -0.2) is 96.4 Å². The first kappa shape index (κ1) is 34.2. The third kappa shape index (κ3) is 6.51. The van der Waals surface area contributed by atoms with E-state index in [9.17, 15) is 24.3 Å². The van der Waals surface area contributed by atoms with Crippen molar-refractivity contribution < 1.29 is 33.8 Å². The molecule has 7 atom stereocenters. The Hall–Kier alpha value is -3.70. The number of likely N-dealkylation sites (tertiary alicyclic amines) is 1. The number of nitrogens with zero attached hydrogens (tertiary/aromatic N) is 3. The quantitative estimate of drug-likeness (QED) is 0.212. The van der Waals surface area contributed by atoms with Gasteiger partial charge in [-0.1, -0.05) is 12.2 Å². The SMILES string of the molecule is C=CCCC(=O)NC[C@@H](C)OC(=O)[C@@H]1[C@H]2C(=O)N([C@H](C)CO)[C@H](C(=O)N(CC=C)c3ccc(N(CC)CC)cc3)[C@]23CC[C@H]1O3. The van der Waals surface area contributed by atoms with Crippen LogP contribution in [0.25, 0.3) is 0 Å². The average molecular weight is 625 g/mol. The number of carbonyl (C=O) groups excluding carboxylic acids is 4. The molecule has 0 aliphatic carbocycles. The molecular weight excluding hydrogens is 576 g/mol. The third-order valence-electron chi connectivity index (χ3n) is 9.33. The number of allylic oxidation sites excluding steroid dienone is 1. The van der Waals surface area contributed by atoms with E-state index in [1.165, 1.54) is 4.90 Å². The van der Waals surface area contributed by atoms with E-state index in [0.29, 0.717) is 31.4 Å². The van der Waals surface area contributed by atoms with Crippen molar-refractivity contribution in [3.05, 3.63) is 49.6 Å². The van der Waals surface area contributed by atoms with Crippen molar-refractivity contribution in [1.82, 2.24) is 10.2 Å². The molecule has 2 N–H and O–H groups in total. The molecule has 3 aliphatic rings. The number of hydrogen-bond donors (Lipinski definition) is 2. The molecule has 11 nitrogen and oxygen atoms in total. The second kappa shape index (κ2) is 14.6. The van der Waals surface area contributed by atoms with Crippen molar-refractivity contribution in [1.29, 1.82) is 0 Å². The lowest BCUT2D eigenvalue weighted by Gasteiger charge is -2.38. The smallest absolute Gasteiger partial charge is 0.312 e. The lowest BCUT2D eigenvalue weighted by atomic mass is 9.70. The van der Waals surface area contributed by atoms with Gasteiger partial charge in [0.2, 0.25) is 11.8 Å². The molecule has 3 amide bonds. The number of fused-ring (bicyclic) bond motifs is 1. The van der Waals surface area contributed by atoms with Crippen LogP contribution in [0.4, 0.5) is 11.4 Å². The van der Waals surface area contributed by atoms with Gasteiger partial charge < -0.3 is 34.6 Å². The molecule has 0 saturated carbocycles. The normalized spacial score (nSPS) is 26.2. The highest BCUT2D eigenvalue weighted by Crippen LogP contribution is 2.59. The Kier molecular flexibility index (Phi) is 11.1. The fraction of sp³-hybridized carbons (Fsp3) is 0.588. The van der Waals surface area contributed by atoms with Crippen molar-refractivity contribution in [3.8, 4) is 0 Å².